The molecule has 0 atom stereocenters. The number of piperidine rings is 1. The molecule has 2 aliphatic heterocycles. The van der Waals surface area contributed by atoms with Gasteiger partial charge in [0.05, 0.1) is 12.2 Å². The molecule has 0 aliphatic carbocycles. The highest BCUT2D eigenvalue weighted by Crippen LogP contribution is 2.41. The molecule has 146 valence electrons. The SMILES string of the molecule is CCOc1ccc(NC(=O)C2=C(C)C(=O)OC23CCN(C(C)C)CC3)cc1. The molecule has 0 aromatic heterocycles. The zero-order valence-corrected chi connectivity index (χ0v) is 16.5. The third kappa shape index (κ3) is 3.86. The second kappa shape index (κ2) is 7.72. The fraction of sp³-hybridized carbons (Fsp3) is 0.524. The van der Waals surface area contributed by atoms with Gasteiger partial charge in [-0.2, -0.15) is 0 Å². The maximum atomic E-state index is 13.0. The van der Waals surface area contributed by atoms with Crippen molar-refractivity contribution >= 4 is 17.6 Å². The molecule has 0 bridgehead atoms. The Hall–Kier alpha value is -2.34. The molecular formula is C21H28N2O4. The van der Waals surface area contributed by atoms with Gasteiger partial charge in [0.1, 0.15) is 11.4 Å². The molecule has 1 aromatic rings. The van der Waals surface area contributed by atoms with E-state index in [0.29, 0.717) is 42.3 Å². The van der Waals surface area contributed by atoms with Crippen LogP contribution in [0, 0.1) is 0 Å². The largest absolute Gasteiger partial charge is 0.494 e. The number of esters is 1. The molecule has 3 rings (SSSR count). The molecule has 6 heteroatoms. The lowest BCUT2D eigenvalue weighted by molar-refractivity contribution is -0.151. The molecule has 0 saturated carbocycles. The Morgan fingerprint density at radius 3 is 2.44 bits per heavy atom. The minimum atomic E-state index is -0.804. The lowest BCUT2D eigenvalue weighted by Gasteiger charge is -2.40. The number of carbonyl (C=O) groups is 2. The quantitative estimate of drug-likeness (QED) is 0.804. The average Bonchev–Trinajstić information content (AvgIpc) is 2.87. The van der Waals surface area contributed by atoms with E-state index in [-0.39, 0.29) is 11.9 Å². The zero-order valence-electron chi connectivity index (χ0n) is 16.5. The standard InChI is InChI=1S/C21H28N2O4/c1-5-26-17-8-6-16(7-9-17)22-19(24)18-15(4)20(25)27-21(18)10-12-23(13-11-21)14(2)3/h6-9,14H,5,10-13H2,1-4H3,(H,22,24). The highest BCUT2D eigenvalue weighted by atomic mass is 16.6. The fourth-order valence-corrected chi connectivity index (χ4v) is 3.87. The van der Waals surface area contributed by atoms with Crippen LogP contribution in [0.5, 0.6) is 5.75 Å². The normalized spacial score (nSPS) is 19.5. The molecule has 6 nitrogen and oxygen atoms in total. The van der Waals surface area contributed by atoms with E-state index >= 15 is 0 Å². The topological polar surface area (TPSA) is 67.9 Å². The smallest absolute Gasteiger partial charge is 0.335 e. The van der Waals surface area contributed by atoms with E-state index in [9.17, 15) is 9.59 Å². The number of nitrogens with one attached hydrogen (secondary N) is 1. The number of carbonyl (C=O) groups excluding carboxylic acids is 2. The summed E-state index contributed by atoms with van der Waals surface area (Å²) in [5.41, 5.74) is 0.751. The van der Waals surface area contributed by atoms with Crippen LogP contribution in [0.25, 0.3) is 0 Å². The number of hydrogen-bond donors (Lipinski definition) is 1. The molecule has 0 unspecified atom stereocenters. The van der Waals surface area contributed by atoms with Crippen LogP contribution >= 0.6 is 0 Å². The van der Waals surface area contributed by atoms with E-state index in [2.05, 4.69) is 24.1 Å². The van der Waals surface area contributed by atoms with Crippen LogP contribution in [0.1, 0.15) is 40.5 Å². The lowest BCUT2D eigenvalue weighted by Crippen LogP contribution is -2.49. The summed E-state index contributed by atoms with van der Waals surface area (Å²) >= 11 is 0. The predicted octanol–water partition coefficient (Wildman–Crippen LogP) is 3.14. The molecular weight excluding hydrogens is 344 g/mol. The van der Waals surface area contributed by atoms with Crippen molar-refractivity contribution in [3.8, 4) is 5.75 Å². The number of rotatable bonds is 5. The molecule has 1 saturated heterocycles. The average molecular weight is 372 g/mol. The third-order valence-corrected chi connectivity index (χ3v) is 5.41. The van der Waals surface area contributed by atoms with Crippen molar-refractivity contribution < 1.29 is 19.1 Å². The summed E-state index contributed by atoms with van der Waals surface area (Å²) in [6, 6.07) is 7.65. The van der Waals surface area contributed by atoms with Crippen LogP contribution in [0.2, 0.25) is 0 Å². The number of amides is 1. The van der Waals surface area contributed by atoms with Crippen molar-refractivity contribution in [1.82, 2.24) is 4.90 Å². The van der Waals surface area contributed by atoms with Crippen LogP contribution in [0.15, 0.2) is 35.4 Å². The predicted molar refractivity (Wildman–Crippen MR) is 104 cm³/mol. The van der Waals surface area contributed by atoms with Crippen LogP contribution in [-0.4, -0.2) is 48.1 Å². The Bertz CT molecular complexity index is 744. The number of hydrogen-bond acceptors (Lipinski definition) is 5. The van der Waals surface area contributed by atoms with Crippen LogP contribution in [0.4, 0.5) is 5.69 Å². The van der Waals surface area contributed by atoms with E-state index in [1.54, 1.807) is 19.1 Å². The minimum absolute atomic E-state index is 0.263. The summed E-state index contributed by atoms with van der Waals surface area (Å²) in [4.78, 5) is 27.6. The van der Waals surface area contributed by atoms with E-state index in [0.717, 1.165) is 18.8 Å². The highest BCUT2D eigenvalue weighted by Gasteiger charge is 2.50. The molecule has 1 amide bonds. The number of benzene rings is 1. The summed E-state index contributed by atoms with van der Waals surface area (Å²) in [5.74, 6) is 0.105. The monoisotopic (exact) mass is 372 g/mol. The summed E-state index contributed by atoms with van der Waals surface area (Å²) in [7, 11) is 0. The van der Waals surface area contributed by atoms with Crippen LogP contribution in [-0.2, 0) is 14.3 Å². The molecule has 1 aromatic carbocycles. The first-order chi connectivity index (χ1) is 12.9. The first-order valence-electron chi connectivity index (χ1n) is 9.59. The van der Waals surface area contributed by atoms with Crippen molar-refractivity contribution in [3.63, 3.8) is 0 Å². The summed E-state index contributed by atoms with van der Waals surface area (Å²) in [6.45, 7) is 10.1. The second-order valence-corrected chi connectivity index (χ2v) is 7.43. The summed E-state index contributed by atoms with van der Waals surface area (Å²) in [6.07, 6.45) is 1.28. The van der Waals surface area contributed by atoms with Gasteiger partial charge in [-0.1, -0.05) is 0 Å². The lowest BCUT2D eigenvalue weighted by atomic mass is 9.82. The van der Waals surface area contributed by atoms with Gasteiger partial charge >= 0.3 is 5.97 Å². The van der Waals surface area contributed by atoms with Gasteiger partial charge in [0.25, 0.3) is 5.91 Å². The molecule has 0 radical (unpaired) electrons. The van der Waals surface area contributed by atoms with Gasteiger partial charge in [-0.25, -0.2) is 4.79 Å². The fourth-order valence-electron chi connectivity index (χ4n) is 3.87. The Labute approximate surface area is 160 Å². The van der Waals surface area contributed by atoms with Gasteiger partial charge < -0.3 is 19.7 Å². The van der Waals surface area contributed by atoms with Gasteiger partial charge in [0.15, 0.2) is 0 Å². The van der Waals surface area contributed by atoms with Crippen molar-refractivity contribution in [2.45, 2.75) is 52.2 Å². The maximum absolute atomic E-state index is 13.0. The van der Waals surface area contributed by atoms with Crippen LogP contribution in [0.3, 0.4) is 0 Å². The maximum Gasteiger partial charge on any atom is 0.335 e. The molecule has 1 N–H and O–H groups in total. The van der Waals surface area contributed by atoms with Crippen molar-refractivity contribution in [1.29, 1.82) is 0 Å². The zero-order chi connectivity index (χ0) is 19.6. The van der Waals surface area contributed by atoms with Gasteiger partial charge in [-0.15, -0.1) is 0 Å². The molecule has 27 heavy (non-hydrogen) atoms. The Morgan fingerprint density at radius 1 is 1.26 bits per heavy atom. The first-order valence-corrected chi connectivity index (χ1v) is 9.59. The number of ether oxygens (including phenoxy) is 2. The van der Waals surface area contributed by atoms with Crippen molar-refractivity contribution in [2.24, 2.45) is 0 Å². The Morgan fingerprint density at radius 2 is 1.89 bits per heavy atom. The first kappa shape index (κ1) is 19.4. The highest BCUT2D eigenvalue weighted by molar-refractivity contribution is 6.12. The third-order valence-electron chi connectivity index (χ3n) is 5.41. The van der Waals surface area contributed by atoms with Gasteiger partial charge in [-0.05, 0) is 52.0 Å². The van der Waals surface area contributed by atoms with E-state index in [4.69, 9.17) is 9.47 Å². The van der Waals surface area contributed by atoms with Gasteiger partial charge in [0.2, 0.25) is 0 Å². The molecule has 2 aliphatic rings. The minimum Gasteiger partial charge on any atom is -0.494 e. The Kier molecular flexibility index (Phi) is 5.56. The van der Waals surface area contributed by atoms with Gasteiger partial charge in [0, 0.05) is 43.2 Å². The summed E-state index contributed by atoms with van der Waals surface area (Å²) in [5, 5.41) is 2.91. The van der Waals surface area contributed by atoms with E-state index in [1.165, 1.54) is 0 Å². The number of nitrogens with zero attached hydrogens (tertiary/aromatic N) is 1. The van der Waals surface area contributed by atoms with Crippen LogP contribution < -0.4 is 10.1 Å². The molecule has 1 fully saturated rings. The Balaban J connectivity index is 1.78. The molecule has 2 heterocycles. The van der Waals surface area contributed by atoms with Crippen molar-refractivity contribution in [3.05, 3.63) is 35.4 Å². The van der Waals surface area contributed by atoms with E-state index in [1.807, 2.05) is 19.1 Å². The van der Waals surface area contributed by atoms with Gasteiger partial charge in [-0.3, -0.25) is 4.79 Å². The number of anilines is 1. The number of likely N-dealkylation sites (tertiary alicyclic amines) is 1. The van der Waals surface area contributed by atoms with E-state index < -0.39 is 5.60 Å². The summed E-state index contributed by atoms with van der Waals surface area (Å²) < 4.78 is 11.2. The van der Waals surface area contributed by atoms with Crippen molar-refractivity contribution in [2.75, 3.05) is 25.0 Å². The molecule has 1 spiro atoms. The second-order valence-electron chi connectivity index (χ2n) is 7.43.